The van der Waals surface area contributed by atoms with Crippen LogP contribution in [0, 0.1) is 0 Å². The molecule has 1 aromatic rings. The molecule has 0 bridgehead atoms. The molecule has 1 aliphatic rings. The molecule has 1 atom stereocenters. The lowest BCUT2D eigenvalue weighted by molar-refractivity contribution is -0.147. The summed E-state index contributed by atoms with van der Waals surface area (Å²) in [5, 5.41) is 8.80. The maximum Gasteiger partial charge on any atom is 0.306 e. The van der Waals surface area contributed by atoms with E-state index in [1.165, 1.54) is 5.56 Å². The van der Waals surface area contributed by atoms with Crippen molar-refractivity contribution in [3.05, 3.63) is 35.4 Å². The summed E-state index contributed by atoms with van der Waals surface area (Å²) < 4.78 is 5.34. The number of carboxylic acids is 1. The number of carbonyl (C=O) groups excluding carboxylic acids is 2. The Hall–Kier alpha value is -2.21. The van der Waals surface area contributed by atoms with Crippen molar-refractivity contribution in [2.45, 2.75) is 38.7 Å². The van der Waals surface area contributed by atoms with Crippen LogP contribution < -0.4 is 0 Å². The minimum atomic E-state index is -0.944. The van der Waals surface area contributed by atoms with E-state index >= 15 is 0 Å². The van der Waals surface area contributed by atoms with Crippen molar-refractivity contribution in [3.63, 3.8) is 0 Å². The number of rotatable bonds is 7. The van der Waals surface area contributed by atoms with Crippen LogP contribution in [0.5, 0.6) is 0 Å². The molecule has 1 N–H and O–H groups in total. The monoisotopic (exact) mass is 333 g/mol. The molecule has 0 aromatic heterocycles. The van der Waals surface area contributed by atoms with E-state index < -0.39 is 12.1 Å². The number of aliphatic carboxylic acids is 1. The van der Waals surface area contributed by atoms with Gasteiger partial charge in [-0.3, -0.25) is 14.4 Å². The van der Waals surface area contributed by atoms with Gasteiger partial charge < -0.3 is 14.7 Å². The first-order valence-electron chi connectivity index (χ1n) is 8.23. The zero-order chi connectivity index (χ0) is 17.5. The van der Waals surface area contributed by atoms with Gasteiger partial charge in [-0.15, -0.1) is 0 Å². The Balaban J connectivity index is 1.83. The van der Waals surface area contributed by atoms with Crippen molar-refractivity contribution in [2.75, 3.05) is 19.7 Å². The summed E-state index contributed by atoms with van der Waals surface area (Å²) in [4.78, 5) is 36.7. The smallest absolute Gasteiger partial charge is 0.306 e. The van der Waals surface area contributed by atoms with Crippen molar-refractivity contribution in [1.82, 2.24) is 4.90 Å². The maximum absolute atomic E-state index is 12.2. The lowest BCUT2D eigenvalue weighted by Crippen LogP contribution is -2.46. The summed E-state index contributed by atoms with van der Waals surface area (Å²) in [6.07, 6.45) is 0.616. The van der Waals surface area contributed by atoms with Crippen LogP contribution in [0.15, 0.2) is 24.3 Å². The predicted octanol–water partition coefficient (Wildman–Crippen LogP) is 1.91. The highest BCUT2D eigenvalue weighted by molar-refractivity contribution is 5.98. The maximum atomic E-state index is 12.2. The van der Waals surface area contributed by atoms with Crippen molar-refractivity contribution in [3.8, 4) is 0 Å². The number of carboxylic acid groups (broad SMARTS) is 1. The van der Waals surface area contributed by atoms with Crippen LogP contribution in [0.3, 0.4) is 0 Å². The molecule has 24 heavy (non-hydrogen) atoms. The number of morpholine rings is 1. The third-order valence-electron chi connectivity index (χ3n) is 4.14. The van der Waals surface area contributed by atoms with Gasteiger partial charge in [-0.2, -0.15) is 0 Å². The number of hydrogen-bond acceptors (Lipinski definition) is 4. The first-order chi connectivity index (χ1) is 11.5. The minimum absolute atomic E-state index is 0.0543. The predicted molar refractivity (Wildman–Crippen MR) is 88.0 cm³/mol. The Morgan fingerprint density at radius 2 is 1.92 bits per heavy atom. The Morgan fingerprint density at radius 3 is 2.54 bits per heavy atom. The normalized spacial score (nSPS) is 17.5. The summed E-state index contributed by atoms with van der Waals surface area (Å²) >= 11 is 0. The molecule has 0 saturated carbocycles. The average molecular weight is 333 g/mol. The van der Waals surface area contributed by atoms with Gasteiger partial charge in [0.05, 0.1) is 19.1 Å². The first-order valence-corrected chi connectivity index (χ1v) is 8.23. The van der Waals surface area contributed by atoms with E-state index in [2.05, 4.69) is 6.92 Å². The second-order valence-corrected chi connectivity index (χ2v) is 5.90. The van der Waals surface area contributed by atoms with Crippen molar-refractivity contribution in [2.24, 2.45) is 0 Å². The first kappa shape index (κ1) is 18.1. The van der Waals surface area contributed by atoms with Crippen LogP contribution in [-0.4, -0.2) is 53.5 Å². The molecule has 6 nitrogen and oxygen atoms in total. The van der Waals surface area contributed by atoms with Gasteiger partial charge in [-0.1, -0.05) is 31.2 Å². The van der Waals surface area contributed by atoms with E-state index in [9.17, 15) is 14.4 Å². The summed E-state index contributed by atoms with van der Waals surface area (Å²) in [7, 11) is 0. The molecular weight excluding hydrogens is 310 g/mol. The molecule has 6 heteroatoms. The van der Waals surface area contributed by atoms with Gasteiger partial charge in [0.1, 0.15) is 0 Å². The quantitative estimate of drug-likeness (QED) is 0.771. The van der Waals surface area contributed by atoms with Gasteiger partial charge in [0.2, 0.25) is 5.91 Å². The second-order valence-electron chi connectivity index (χ2n) is 5.90. The number of aryl methyl sites for hydroxylation is 1. The number of carbonyl (C=O) groups is 3. The molecule has 1 heterocycles. The van der Waals surface area contributed by atoms with Gasteiger partial charge in [-0.05, 0) is 12.0 Å². The molecule has 0 radical (unpaired) electrons. The van der Waals surface area contributed by atoms with Gasteiger partial charge in [0.25, 0.3) is 0 Å². The molecule has 0 spiro atoms. The fourth-order valence-corrected chi connectivity index (χ4v) is 2.71. The molecule has 1 saturated heterocycles. The number of ether oxygens (including phenoxy) is 1. The van der Waals surface area contributed by atoms with Gasteiger partial charge in [0, 0.05) is 31.5 Å². The zero-order valence-electron chi connectivity index (χ0n) is 13.9. The van der Waals surface area contributed by atoms with Crippen molar-refractivity contribution in [1.29, 1.82) is 0 Å². The molecule has 1 aliphatic heterocycles. The molecule has 130 valence electrons. The average Bonchev–Trinajstić information content (AvgIpc) is 2.59. The SMILES string of the molecule is CCc1ccc(C(=O)CCC(=O)N2CCOC(CC(=O)O)C2)cc1. The number of Topliss-reactive ketones (excluding diaryl/α,β-unsaturated/α-hetero) is 1. The zero-order valence-corrected chi connectivity index (χ0v) is 13.9. The number of benzene rings is 1. The van der Waals surface area contributed by atoms with Crippen LogP contribution in [0.2, 0.25) is 0 Å². The standard InChI is InChI=1S/C18H23NO5/c1-2-13-3-5-14(6-4-13)16(20)7-8-17(21)19-9-10-24-15(12-19)11-18(22)23/h3-6,15H,2,7-12H2,1H3,(H,22,23). The topological polar surface area (TPSA) is 83.9 Å². The summed E-state index contributed by atoms with van der Waals surface area (Å²) in [5.74, 6) is -1.13. The number of hydrogen-bond donors (Lipinski definition) is 1. The lowest BCUT2D eigenvalue weighted by Gasteiger charge is -2.32. The van der Waals surface area contributed by atoms with E-state index in [1.54, 1.807) is 17.0 Å². The van der Waals surface area contributed by atoms with Crippen molar-refractivity contribution < 1.29 is 24.2 Å². The van der Waals surface area contributed by atoms with Crippen LogP contribution in [-0.2, 0) is 20.7 Å². The van der Waals surface area contributed by atoms with Crippen LogP contribution in [0.4, 0.5) is 0 Å². The number of ketones is 1. The summed E-state index contributed by atoms with van der Waals surface area (Å²) in [6.45, 7) is 3.09. The second kappa shape index (κ2) is 8.59. The van der Waals surface area contributed by atoms with Gasteiger partial charge in [-0.25, -0.2) is 0 Å². The van der Waals surface area contributed by atoms with E-state index in [4.69, 9.17) is 9.84 Å². The van der Waals surface area contributed by atoms with E-state index in [-0.39, 0.29) is 37.5 Å². The molecular formula is C18H23NO5. The Morgan fingerprint density at radius 1 is 1.21 bits per heavy atom. The molecule has 1 amide bonds. The Bertz CT molecular complexity index is 596. The fourth-order valence-electron chi connectivity index (χ4n) is 2.71. The molecule has 1 fully saturated rings. The van der Waals surface area contributed by atoms with Crippen LogP contribution >= 0.6 is 0 Å². The highest BCUT2D eigenvalue weighted by atomic mass is 16.5. The van der Waals surface area contributed by atoms with Gasteiger partial charge >= 0.3 is 5.97 Å². The Kier molecular flexibility index (Phi) is 6.49. The highest BCUT2D eigenvalue weighted by Crippen LogP contribution is 2.13. The largest absolute Gasteiger partial charge is 0.481 e. The summed E-state index contributed by atoms with van der Waals surface area (Å²) in [6, 6.07) is 7.44. The third kappa shape index (κ3) is 5.16. The number of amides is 1. The van der Waals surface area contributed by atoms with E-state index in [0.29, 0.717) is 18.7 Å². The number of nitrogens with zero attached hydrogens (tertiary/aromatic N) is 1. The van der Waals surface area contributed by atoms with Crippen LogP contribution in [0.25, 0.3) is 0 Å². The molecule has 1 aromatic carbocycles. The highest BCUT2D eigenvalue weighted by Gasteiger charge is 2.26. The lowest BCUT2D eigenvalue weighted by atomic mass is 10.0. The van der Waals surface area contributed by atoms with E-state index in [1.807, 2.05) is 12.1 Å². The fraction of sp³-hybridized carbons (Fsp3) is 0.500. The third-order valence-corrected chi connectivity index (χ3v) is 4.14. The summed E-state index contributed by atoms with van der Waals surface area (Å²) in [5.41, 5.74) is 1.78. The van der Waals surface area contributed by atoms with E-state index in [0.717, 1.165) is 6.42 Å². The molecule has 0 aliphatic carbocycles. The van der Waals surface area contributed by atoms with Crippen LogP contribution in [0.1, 0.15) is 42.1 Å². The van der Waals surface area contributed by atoms with Crippen molar-refractivity contribution >= 4 is 17.7 Å². The molecule has 1 unspecified atom stereocenters. The molecule has 2 rings (SSSR count). The minimum Gasteiger partial charge on any atom is -0.481 e. The Labute approximate surface area is 141 Å². The van der Waals surface area contributed by atoms with Gasteiger partial charge in [0.15, 0.2) is 5.78 Å².